The standard InChI is InChI=1S/C26H31NO4/c1-16(2)19-13-12-17(3)15-22(19)31-23(28)11-6-14-27-25(29)20-9-4-7-18-8-5-10-21(24(18)20)26(27)30/h4-5,7-10,16-17,19,22H,6,11-15H2,1-3H3/t17-,19-,22+/m1/s1. The second-order valence-corrected chi connectivity index (χ2v) is 9.43. The highest BCUT2D eigenvalue weighted by Crippen LogP contribution is 2.35. The van der Waals surface area contributed by atoms with E-state index in [0.717, 1.165) is 23.6 Å². The van der Waals surface area contributed by atoms with E-state index < -0.39 is 0 Å². The molecule has 0 N–H and O–H groups in total. The molecule has 2 aromatic rings. The number of benzene rings is 2. The number of hydrogen-bond acceptors (Lipinski definition) is 4. The molecule has 2 aromatic carbocycles. The Morgan fingerprint density at radius 2 is 1.71 bits per heavy atom. The van der Waals surface area contributed by atoms with Crippen molar-refractivity contribution >= 4 is 28.6 Å². The molecule has 1 aliphatic heterocycles. The molecule has 2 amide bonds. The van der Waals surface area contributed by atoms with Crippen LogP contribution in [0.3, 0.4) is 0 Å². The first-order valence-corrected chi connectivity index (χ1v) is 11.4. The van der Waals surface area contributed by atoms with Crippen LogP contribution in [0, 0.1) is 17.8 Å². The molecule has 0 saturated heterocycles. The third kappa shape index (κ3) is 4.23. The first kappa shape index (κ1) is 21.5. The fourth-order valence-corrected chi connectivity index (χ4v) is 5.14. The van der Waals surface area contributed by atoms with E-state index >= 15 is 0 Å². The minimum absolute atomic E-state index is 0.0287. The van der Waals surface area contributed by atoms with E-state index in [1.165, 1.54) is 11.3 Å². The van der Waals surface area contributed by atoms with Gasteiger partial charge in [-0.2, -0.15) is 0 Å². The van der Waals surface area contributed by atoms with Crippen molar-refractivity contribution in [1.29, 1.82) is 0 Å². The molecule has 0 spiro atoms. The summed E-state index contributed by atoms with van der Waals surface area (Å²) in [6.07, 6.45) is 3.78. The normalized spacial score (nSPS) is 23.5. The van der Waals surface area contributed by atoms with Gasteiger partial charge in [0, 0.05) is 29.5 Å². The first-order chi connectivity index (χ1) is 14.9. The summed E-state index contributed by atoms with van der Waals surface area (Å²) in [6, 6.07) is 11.0. The Morgan fingerprint density at radius 1 is 1.06 bits per heavy atom. The smallest absolute Gasteiger partial charge is 0.306 e. The molecule has 0 aromatic heterocycles. The van der Waals surface area contributed by atoms with Gasteiger partial charge in [0.1, 0.15) is 6.10 Å². The van der Waals surface area contributed by atoms with Crippen molar-refractivity contribution in [1.82, 2.24) is 4.90 Å². The van der Waals surface area contributed by atoms with Crippen LogP contribution in [0.4, 0.5) is 0 Å². The lowest BCUT2D eigenvalue weighted by molar-refractivity contribution is -0.156. The lowest BCUT2D eigenvalue weighted by Gasteiger charge is -2.36. The summed E-state index contributed by atoms with van der Waals surface area (Å²) in [4.78, 5) is 39.7. The second kappa shape index (κ2) is 8.81. The average Bonchev–Trinajstić information content (AvgIpc) is 2.74. The van der Waals surface area contributed by atoms with E-state index in [4.69, 9.17) is 4.74 Å². The monoisotopic (exact) mass is 421 g/mol. The SMILES string of the molecule is CC(C)[C@H]1CC[C@@H](C)C[C@@H]1OC(=O)CCCN1C(=O)c2cccc3cccc(c23)C1=O. The fourth-order valence-electron chi connectivity index (χ4n) is 5.14. The molecule has 1 saturated carbocycles. The Balaban J connectivity index is 1.38. The summed E-state index contributed by atoms with van der Waals surface area (Å²) >= 11 is 0. The minimum Gasteiger partial charge on any atom is -0.462 e. The highest BCUT2D eigenvalue weighted by atomic mass is 16.5. The van der Waals surface area contributed by atoms with Crippen LogP contribution in [0.25, 0.3) is 10.8 Å². The number of imide groups is 1. The molecule has 3 atom stereocenters. The Hall–Kier alpha value is -2.69. The topological polar surface area (TPSA) is 63.7 Å². The molecule has 164 valence electrons. The Bertz CT molecular complexity index is 961. The van der Waals surface area contributed by atoms with Crippen LogP contribution in [0.15, 0.2) is 36.4 Å². The molecule has 1 aliphatic carbocycles. The molecule has 5 heteroatoms. The summed E-state index contributed by atoms with van der Waals surface area (Å²) in [5.74, 6) is 0.648. The van der Waals surface area contributed by atoms with Crippen molar-refractivity contribution in [3.05, 3.63) is 47.5 Å². The van der Waals surface area contributed by atoms with Gasteiger partial charge in [-0.15, -0.1) is 0 Å². The summed E-state index contributed by atoms with van der Waals surface area (Å²) in [5, 5.41) is 1.61. The van der Waals surface area contributed by atoms with Crippen molar-refractivity contribution in [3.8, 4) is 0 Å². The van der Waals surface area contributed by atoms with Gasteiger partial charge in [0.2, 0.25) is 0 Å². The van der Waals surface area contributed by atoms with Crippen molar-refractivity contribution in [2.45, 2.75) is 59.0 Å². The van der Waals surface area contributed by atoms with Gasteiger partial charge >= 0.3 is 5.97 Å². The number of amides is 2. The Morgan fingerprint density at radius 3 is 2.32 bits per heavy atom. The van der Waals surface area contributed by atoms with Gasteiger partial charge in [-0.3, -0.25) is 19.3 Å². The number of hydrogen-bond donors (Lipinski definition) is 0. The molecule has 31 heavy (non-hydrogen) atoms. The van der Waals surface area contributed by atoms with Crippen molar-refractivity contribution < 1.29 is 19.1 Å². The predicted molar refractivity (Wildman–Crippen MR) is 120 cm³/mol. The summed E-state index contributed by atoms with van der Waals surface area (Å²) in [7, 11) is 0. The van der Waals surface area contributed by atoms with Crippen LogP contribution in [-0.2, 0) is 9.53 Å². The van der Waals surface area contributed by atoms with E-state index in [1.54, 1.807) is 12.1 Å². The molecule has 1 heterocycles. The fraction of sp³-hybridized carbons (Fsp3) is 0.500. The molecule has 4 rings (SSSR count). The number of esters is 1. The zero-order chi connectivity index (χ0) is 22.1. The Kier molecular flexibility index (Phi) is 6.12. The Labute approximate surface area is 183 Å². The van der Waals surface area contributed by atoms with Gasteiger partial charge in [-0.1, -0.05) is 51.5 Å². The van der Waals surface area contributed by atoms with E-state index in [-0.39, 0.29) is 36.9 Å². The summed E-state index contributed by atoms with van der Waals surface area (Å²) in [5.41, 5.74) is 1.09. The quantitative estimate of drug-likeness (QED) is 0.474. The molecule has 2 aliphatic rings. The highest BCUT2D eigenvalue weighted by molar-refractivity contribution is 6.25. The van der Waals surface area contributed by atoms with Crippen LogP contribution < -0.4 is 0 Å². The zero-order valence-electron chi connectivity index (χ0n) is 18.6. The third-order valence-corrected chi connectivity index (χ3v) is 6.86. The van der Waals surface area contributed by atoms with E-state index in [2.05, 4.69) is 20.8 Å². The van der Waals surface area contributed by atoms with Gasteiger partial charge < -0.3 is 4.74 Å². The van der Waals surface area contributed by atoms with Crippen LogP contribution in [-0.4, -0.2) is 35.3 Å². The maximum atomic E-state index is 12.9. The average molecular weight is 422 g/mol. The van der Waals surface area contributed by atoms with Crippen LogP contribution >= 0.6 is 0 Å². The zero-order valence-corrected chi connectivity index (χ0v) is 18.6. The van der Waals surface area contributed by atoms with Crippen LogP contribution in [0.2, 0.25) is 0 Å². The van der Waals surface area contributed by atoms with Crippen molar-refractivity contribution in [2.75, 3.05) is 6.54 Å². The molecule has 0 unspecified atom stereocenters. The largest absolute Gasteiger partial charge is 0.462 e. The molecule has 0 bridgehead atoms. The summed E-state index contributed by atoms with van der Waals surface area (Å²) in [6.45, 7) is 6.80. The number of rotatable bonds is 6. The molecular formula is C26H31NO4. The number of nitrogens with zero attached hydrogens (tertiary/aromatic N) is 1. The van der Waals surface area contributed by atoms with E-state index in [1.807, 2.05) is 24.3 Å². The lowest BCUT2D eigenvalue weighted by atomic mass is 9.75. The van der Waals surface area contributed by atoms with Crippen LogP contribution in [0.1, 0.15) is 73.6 Å². The number of carbonyl (C=O) groups is 3. The van der Waals surface area contributed by atoms with Gasteiger partial charge in [0.25, 0.3) is 11.8 Å². The van der Waals surface area contributed by atoms with Crippen LogP contribution in [0.5, 0.6) is 0 Å². The predicted octanol–water partition coefficient (Wildman–Crippen LogP) is 5.22. The third-order valence-electron chi connectivity index (χ3n) is 6.86. The highest BCUT2D eigenvalue weighted by Gasteiger charge is 2.34. The molecule has 1 fully saturated rings. The first-order valence-electron chi connectivity index (χ1n) is 11.4. The maximum absolute atomic E-state index is 12.9. The molecule has 0 radical (unpaired) electrons. The van der Waals surface area contributed by atoms with E-state index in [9.17, 15) is 14.4 Å². The molecular weight excluding hydrogens is 390 g/mol. The second-order valence-electron chi connectivity index (χ2n) is 9.43. The van der Waals surface area contributed by atoms with Gasteiger partial charge in [-0.05, 0) is 54.5 Å². The lowest BCUT2D eigenvalue weighted by Crippen LogP contribution is -2.41. The van der Waals surface area contributed by atoms with Crippen molar-refractivity contribution in [3.63, 3.8) is 0 Å². The number of ether oxygens (including phenoxy) is 1. The maximum Gasteiger partial charge on any atom is 0.306 e. The summed E-state index contributed by atoms with van der Waals surface area (Å²) < 4.78 is 5.85. The van der Waals surface area contributed by atoms with E-state index in [0.29, 0.717) is 35.3 Å². The van der Waals surface area contributed by atoms with Gasteiger partial charge in [0.05, 0.1) is 0 Å². The van der Waals surface area contributed by atoms with Gasteiger partial charge in [0.15, 0.2) is 0 Å². The molecule has 5 nitrogen and oxygen atoms in total. The minimum atomic E-state index is -0.288. The van der Waals surface area contributed by atoms with Crippen molar-refractivity contribution in [2.24, 2.45) is 17.8 Å². The number of carbonyl (C=O) groups excluding carboxylic acids is 3. The van der Waals surface area contributed by atoms with Gasteiger partial charge in [-0.25, -0.2) is 0 Å².